The second-order valence-corrected chi connectivity index (χ2v) is 9.28. The van der Waals surface area contributed by atoms with Crippen molar-refractivity contribution >= 4 is 23.1 Å². The van der Waals surface area contributed by atoms with Crippen molar-refractivity contribution < 1.29 is 9.13 Å². The minimum absolute atomic E-state index is 0.253. The first-order chi connectivity index (χ1) is 16.4. The summed E-state index contributed by atoms with van der Waals surface area (Å²) in [7, 11) is 0. The van der Waals surface area contributed by atoms with Crippen LogP contribution in [0.25, 0.3) is 11.3 Å². The minimum atomic E-state index is -0.488. The van der Waals surface area contributed by atoms with Gasteiger partial charge >= 0.3 is 5.66 Å². The molecule has 0 fully saturated rings. The van der Waals surface area contributed by atoms with Gasteiger partial charge in [-0.15, -0.1) is 16.7 Å². The van der Waals surface area contributed by atoms with Crippen LogP contribution in [0.3, 0.4) is 0 Å². The number of aromatic nitrogens is 2. The maximum Gasteiger partial charge on any atom is 0.394 e. The Hall–Kier alpha value is -3.98. The van der Waals surface area contributed by atoms with Gasteiger partial charge in [0, 0.05) is 12.1 Å². The van der Waals surface area contributed by atoms with Crippen molar-refractivity contribution in [2.75, 3.05) is 0 Å². The molecular weight excluding hydrogens is 399 g/mol. The Bertz CT molecular complexity index is 1610. The minimum Gasteiger partial charge on any atom is -0.240 e. The molecule has 0 radical (unpaired) electrons. The average molecular weight is 419 g/mol. The van der Waals surface area contributed by atoms with Crippen LogP contribution in [0.1, 0.15) is 22.3 Å². The maximum absolute atomic E-state index is 3.57. The van der Waals surface area contributed by atoms with Crippen molar-refractivity contribution in [3.8, 4) is 11.3 Å². The fourth-order valence-electron chi connectivity index (χ4n) is 6.72. The SMILES string of the molecule is [c-]1cccc[n+]1C12c3ccccc3B3c4ccccc4Cc4ccc(c1c43)-c1cccc[n+]12. The second-order valence-electron chi connectivity index (χ2n) is 9.28. The first-order valence-electron chi connectivity index (χ1n) is 11.6. The summed E-state index contributed by atoms with van der Waals surface area (Å²) >= 11 is 0. The molecule has 1 atom stereocenters. The Labute approximate surface area is 193 Å². The van der Waals surface area contributed by atoms with Crippen LogP contribution in [-0.2, 0) is 12.1 Å². The largest absolute Gasteiger partial charge is 0.394 e. The van der Waals surface area contributed by atoms with Crippen LogP contribution in [0.4, 0.5) is 0 Å². The molecule has 5 aromatic rings. The van der Waals surface area contributed by atoms with Crippen LogP contribution in [0.5, 0.6) is 0 Å². The van der Waals surface area contributed by atoms with Crippen molar-refractivity contribution in [3.63, 3.8) is 0 Å². The van der Waals surface area contributed by atoms with Gasteiger partial charge < -0.3 is 0 Å². The molecule has 3 aliphatic rings. The molecule has 33 heavy (non-hydrogen) atoms. The smallest absolute Gasteiger partial charge is 0.240 e. The van der Waals surface area contributed by atoms with Crippen LogP contribution < -0.4 is 25.5 Å². The van der Waals surface area contributed by atoms with Crippen molar-refractivity contribution in [2.45, 2.75) is 12.1 Å². The molecule has 0 N–H and O–H groups in total. The highest BCUT2D eigenvalue weighted by Crippen LogP contribution is 2.42. The summed E-state index contributed by atoms with van der Waals surface area (Å²) in [5.41, 5.74) is 12.1. The first-order valence-corrected chi connectivity index (χ1v) is 11.6. The number of pyridine rings is 2. The second kappa shape index (κ2) is 6.08. The summed E-state index contributed by atoms with van der Waals surface area (Å²) in [5.74, 6) is 0. The van der Waals surface area contributed by atoms with Crippen molar-refractivity contribution in [2.24, 2.45) is 0 Å². The average Bonchev–Trinajstić information content (AvgIpc) is 3.20. The Balaban J connectivity index is 1.62. The van der Waals surface area contributed by atoms with E-state index >= 15 is 0 Å². The topological polar surface area (TPSA) is 7.76 Å². The summed E-state index contributed by atoms with van der Waals surface area (Å²) in [6.45, 7) is 0.253. The molecule has 0 saturated carbocycles. The van der Waals surface area contributed by atoms with Gasteiger partial charge in [0.25, 0.3) is 0 Å². The molecule has 0 spiro atoms. The summed E-state index contributed by atoms with van der Waals surface area (Å²) in [5, 5.41) is 0. The Morgan fingerprint density at radius 3 is 2.45 bits per heavy atom. The standard InChI is InChI=1S/C30H20BN2/c1-7-17-32(18-8-1)30-24-11-3-5-13-26(24)31-25-12-4-2-10-21(25)20-22-15-16-23(28(30)29(22)31)27-14-6-9-19-33(27)30/h1-17,19H,20H2/q+1. The lowest BCUT2D eigenvalue weighted by atomic mass is 9.29. The van der Waals surface area contributed by atoms with E-state index in [1.165, 1.54) is 49.9 Å². The molecular formula is C30H20BN2+. The molecule has 2 nitrogen and oxygen atoms in total. The normalized spacial score (nSPS) is 18.2. The molecule has 2 aromatic heterocycles. The molecule has 0 bridgehead atoms. The number of fused-ring (bicyclic) bond motifs is 8. The number of hydrogen-bond donors (Lipinski definition) is 0. The molecule has 3 heteroatoms. The van der Waals surface area contributed by atoms with Crippen LogP contribution in [0.15, 0.2) is 109 Å². The monoisotopic (exact) mass is 419 g/mol. The van der Waals surface area contributed by atoms with E-state index in [0.717, 1.165) is 6.42 Å². The van der Waals surface area contributed by atoms with Gasteiger partial charge in [0.2, 0.25) is 12.4 Å². The molecule has 152 valence electrons. The summed E-state index contributed by atoms with van der Waals surface area (Å²) < 4.78 is 4.75. The lowest BCUT2D eigenvalue weighted by Crippen LogP contribution is -2.79. The fraction of sp³-hybridized carbons (Fsp3) is 0.0667. The van der Waals surface area contributed by atoms with E-state index in [9.17, 15) is 0 Å². The van der Waals surface area contributed by atoms with Crippen molar-refractivity contribution in [1.29, 1.82) is 0 Å². The molecule has 0 aliphatic carbocycles. The number of nitrogens with zero attached hydrogens (tertiary/aromatic N) is 2. The first kappa shape index (κ1) is 17.6. The zero-order valence-corrected chi connectivity index (χ0v) is 18.1. The Kier molecular flexibility index (Phi) is 3.24. The predicted octanol–water partition coefficient (Wildman–Crippen LogP) is 2.07. The van der Waals surface area contributed by atoms with Gasteiger partial charge in [-0.25, -0.2) is 4.57 Å². The number of benzene rings is 3. The third-order valence-electron chi connectivity index (χ3n) is 7.86. The summed E-state index contributed by atoms with van der Waals surface area (Å²) in [4.78, 5) is 0. The van der Waals surface area contributed by atoms with E-state index in [2.05, 4.69) is 113 Å². The van der Waals surface area contributed by atoms with E-state index < -0.39 is 5.66 Å². The summed E-state index contributed by atoms with van der Waals surface area (Å²) in [6.07, 6.45) is 8.97. The van der Waals surface area contributed by atoms with Gasteiger partial charge in [0.15, 0.2) is 6.20 Å². The van der Waals surface area contributed by atoms with Gasteiger partial charge in [-0.1, -0.05) is 59.5 Å². The zero-order chi connectivity index (χ0) is 21.6. The fourth-order valence-corrected chi connectivity index (χ4v) is 6.72. The molecule has 1 unspecified atom stereocenters. The van der Waals surface area contributed by atoms with E-state index in [-0.39, 0.29) is 6.71 Å². The Morgan fingerprint density at radius 2 is 1.55 bits per heavy atom. The lowest BCUT2D eigenvalue weighted by Gasteiger charge is -2.37. The van der Waals surface area contributed by atoms with Crippen LogP contribution in [0, 0.1) is 6.20 Å². The summed E-state index contributed by atoms with van der Waals surface area (Å²) in [6, 6.07) is 35.5. The Morgan fingerprint density at radius 1 is 0.727 bits per heavy atom. The van der Waals surface area contributed by atoms with Crippen LogP contribution in [-0.4, -0.2) is 6.71 Å². The zero-order valence-electron chi connectivity index (χ0n) is 18.1. The van der Waals surface area contributed by atoms with Crippen molar-refractivity contribution in [1.82, 2.24) is 0 Å². The van der Waals surface area contributed by atoms with E-state index in [4.69, 9.17) is 0 Å². The van der Waals surface area contributed by atoms with E-state index in [1.54, 1.807) is 0 Å². The predicted molar refractivity (Wildman–Crippen MR) is 129 cm³/mol. The maximum atomic E-state index is 3.57. The third-order valence-corrected chi connectivity index (χ3v) is 7.86. The molecule has 3 aliphatic heterocycles. The molecule has 8 rings (SSSR count). The molecule has 0 amide bonds. The van der Waals surface area contributed by atoms with Crippen molar-refractivity contribution in [3.05, 3.63) is 138 Å². The highest BCUT2D eigenvalue weighted by Gasteiger charge is 2.65. The van der Waals surface area contributed by atoms with Gasteiger partial charge in [-0.3, -0.25) is 0 Å². The van der Waals surface area contributed by atoms with Gasteiger partial charge in [0.1, 0.15) is 11.8 Å². The molecule has 5 heterocycles. The van der Waals surface area contributed by atoms with Crippen LogP contribution >= 0.6 is 0 Å². The van der Waals surface area contributed by atoms with Crippen LogP contribution in [0.2, 0.25) is 0 Å². The van der Waals surface area contributed by atoms with E-state index in [0.29, 0.717) is 0 Å². The molecule has 0 saturated heterocycles. The third kappa shape index (κ3) is 1.98. The highest BCUT2D eigenvalue weighted by atomic mass is 15.3. The van der Waals surface area contributed by atoms with Gasteiger partial charge in [0.05, 0.1) is 17.3 Å². The van der Waals surface area contributed by atoms with E-state index in [1.807, 2.05) is 12.1 Å². The lowest BCUT2D eigenvalue weighted by molar-refractivity contribution is -0.965. The number of rotatable bonds is 1. The number of hydrogen-bond acceptors (Lipinski definition) is 0. The molecule has 3 aromatic carbocycles. The quantitative estimate of drug-likeness (QED) is 0.219. The van der Waals surface area contributed by atoms with Gasteiger partial charge in [-0.2, -0.15) is 6.07 Å². The highest BCUT2D eigenvalue weighted by molar-refractivity contribution is 6.97. The van der Waals surface area contributed by atoms with Gasteiger partial charge in [-0.05, 0) is 41.2 Å².